The minimum Gasteiger partial charge on any atom is -0.476 e. The van der Waals surface area contributed by atoms with E-state index in [0.29, 0.717) is 16.6 Å². The highest BCUT2D eigenvalue weighted by Crippen LogP contribution is 2.22. The number of aromatic carboxylic acids is 1. The van der Waals surface area contributed by atoms with Crippen molar-refractivity contribution in [2.45, 2.75) is 6.54 Å². The summed E-state index contributed by atoms with van der Waals surface area (Å²) in [6, 6.07) is 0. The number of carbonyl (C=O) groups is 1. The van der Waals surface area contributed by atoms with Gasteiger partial charge in [-0.15, -0.1) is 11.3 Å². The third-order valence-corrected chi connectivity index (χ3v) is 2.53. The number of rotatable bonds is 3. The van der Waals surface area contributed by atoms with E-state index in [1.807, 2.05) is 0 Å². The first-order valence-corrected chi connectivity index (χ1v) is 4.92. The third-order valence-electron chi connectivity index (χ3n) is 1.67. The van der Waals surface area contributed by atoms with Crippen LogP contribution in [0, 0.1) is 0 Å². The predicted octanol–water partition coefficient (Wildman–Crippen LogP) is 0.955. The van der Waals surface area contributed by atoms with Crippen molar-refractivity contribution in [1.82, 2.24) is 9.97 Å². The molecule has 2 aromatic rings. The molecule has 0 radical (unpaired) electrons. The van der Waals surface area contributed by atoms with Crippen molar-refractivity contribution < 1.29 is 14.3 Å². The van der Waals surface area contributed by atoms with Crippen molar-refractivity contribution in [2.24, 2.45) is 5.73 Å². The maximum Gasteiger partial charge on any atom is 0.355 e. The first-order chi connectivity index (χ1) is 7.20. The zero-order valence-corrected chi connectivity index (χ0v) is 8.32. The number of thiazole rings is 1. The van der Waals surface area contributed by atoms with Crippen LogP contribution in [-0.2, 0) is 6.54 Å². The van der Waals surface area contributed by atoms with E-state index in [9.17, 15) is 4.79 Å². The van der Waals surface area contributed by atoms with Crippen LogP contribution in [0.1, 0.15) is 16.4 Å². The molecule has 0 amide bonds. The molecule has 0 bridgehead atoms. The van der Waals surface area contributed by atoms with E-state index >= 15 is 0 Å². The molecule has 78 valence electrons. The van der Waals surface area contributed by atoms with Gasteiger partial charge >= 0.3 is 5.97 Å². The van der Waals surface area contributed by atoms with Gasteiger partial charge < -0.3 is 15.3 Å². The number of nitrogens with two attached hydrogens (primary N) is 1. The van der Waals surface area contributed by atoms with Crippen LogP contribution in [0.25, 0.3) is 10.7 Å². The van der Waals surface area contributed by atoms with Gasteiger partial charge in [0.15, 0.2) is 5.69 Å². The fourth-order valence-corrected chi connectivity index (χ4v) is 1.73. The molecule has 15 heavy (non-hydrogen) atoms. The largest absolute Gasteiger partial charge is 0.476 e. The van der Waals surface area contributed by atoms with Crippen LogP contribution in [0.3, 0.4) is 0 Å². The summed E-state index contributed by atoms with van der Waals surface area (Å²) in [5, 5.41) is 10.6. The molecule has 0 aliphatic heterocycles. The van der Waals surface area contributed by atoms with Crippen LogP contribution in [0.2, 0.25) is 0 Å². The van der Waals surface area contributed by atoms with Crippen molar-refractivity contribution in [1.29, 1.82) is 0 Å². The Bertz CT molecular complexity index is 491. The van der Waals surface area contributed by atoms with Crippen molar-refractivity contribution in [3.05, 3.63) is 23.2 Å². The number of nitrogens with zero attached hydrogens (tertiary/aromatic N) is 2. The van der Waals surface area contributed by atoms with Gasteiger partial charge in [0.1, 0.15) is 17.0 Å². The molecule has 0 fully saturated rings. The van der Waals surface area contributed by atoms with Gasteiger partial charge in [0.2, 0.25) is 5.89 Å². The molecule has 0 aromatic carbocycles. The first kappa shape index (κ1) is 9.81. The molecule has 2 heterocycles. The molecule has 2 aromatic heterocycles. The molecule has 0 atom stereocenters. The van der Waals surface area contributed by atoms with E-state index in [-0.39, 0.29) is 12.2 Å². The average molecular weight is 225 g/mol. The van der Waals surface area contributed by atoms with Gasteiger partial charge in [0, 0.05) is 5.38 Å². The summed E-state index contributed by atoms with van der Waals surface area (Å²) in [5.74, 6) is -0.655. The topological polar surface area (TPSA) is 102 Å². The summed E-state index contributed by atoms with van der Waals surface area (Å²) < 4.78 is 5.02. The lowest BCUT2D eigenvalue weighted by atomic mass is 10.5. The summed E-state index contributed by atoms with van der Waals surface area (Å²) in [6.45, 7) is 0.206. The van der Waals surface area contributed by atoms with E-state index in [1.54, 1.807) is 0 Å². The maximum atomic E-state index is 10.6. The van der Waals surface area contributed by atoms with E-state index in [2.05, 4.69) is 9.97 Å². The maximum absolute atomic E-state index is 10.6. The minimum atomic E-state index is -1.06. The molecular weight excluding hydrogens is 218 g/mol. The number of carboxylic acids is 1. The highest BCUT2D eigenvalue weighted by Gasteiger charge is 2.12. The summed E-state index contributed by atoms with van der Waals surface area (Å²) in [6.07, 6.45) is 1.41. The van der Waals surface area contributed by atoms with Crippen molar-refractivity contribution in [3.8, 4) is 10.7 Å². The van der Waals surface area contributed by atoms with Crippen LogP contribution < -0.4 is 5.73 Å². The summed E-state index contributed by atoms with van der Waals surface area (Å²) >= 11 is 1.20. The molecule has 2 rings (SSSR count). The Labute approximate surface area is 88.4 Å². The Morgan fingerprint density at radius 1 is 1.60 bits per heavy atom. The number of aromatic nitrogens is 2. The van der Waals surface area contributed by atoms with Gasteiger partial charge in [-0.3, -0.25) is 0 Å². The summed E-state index contributed by atoms with van der Waals surface area (Å²) in [7, 11) is 0. The molecule has 0 aliphatic carbocycles. The molecule has 6 nitrogen and oxygen atoms in total. The second kappa shape index (κ2) is 3.79. The first-order valence-electron chi connectivity index (χ1n) is 4.04. The van der Waals surface area contributed by atoms with Crippen molar-refractivity contribution in [2.75, 3.05) is 0 Å². The Morgan fingerprint density at radius 2 is 2.40 bits per heavy atom. The summed E-state index contributed by atoms with van der Waals surface area (Å²) in [5.41, 5.74) is 5.84. The monoisotopic (exact) mass is 225 g/mol. The van der Waals surface area contributed by atoms with Crippen LogP contribution in [0.5, 0.6) is 0 Å². The number of carboxylic acid groups (broad SMARTS) is 1. The highest BCUT2D eigenvalue weighted by molar-refractivity contribution is 7.13. The molecule has 7 heteroatoms. The predicted molar refractivity (Wildman–Crippen MR) is 52.5 cm³/mol. The zero-order valence-electron chi connectivity index (χ0n) is 7.51. The lowest BCUT2D eigenvalue weighted by molar-refractivity contribution is 0.0691. The number of hydrogen-bond acceptors (Lipinski definition) is 6. The average Bonchev–Trinajstić information content (AvgIpc) is 2.86. The number of hydrogen-bond donors (Lipinski definition) is 2. The summed E-state index contributed by atoms with van der Waals surface area (Å²) in [4.78, 5) is 18.5. The molecule has 0 saturated carbocycles. The Kier molecular flexibility index (Phi) is 2.48. The van der Waals surface area contributed by atoms with Crippen molar-refractivity contribution >= 4 is 17.3 Å². The van der Waals surface area contributed by atoms with Gasteiger partial charge in [-0.2, -0.15) is 0 Å². The third kappa shape index (κ3) is 1.88. The van der Waals surface area contributed by atoms with Gasteiger partial charge in [-0.05, 0) is 0 Å². The van der Waals surface area contributed by atoms with E-state index in [0.717, 1.165) is 0 Å². The lowest BCUT2D eigenvalue weighted by Gasteiger charge is -1.85. The minimum absolute atomic E-state index is 0.00676. The Balaban J connectivity index is 2.32. The second-order valence-corrected chi connectivity index (χ2v) is 3.53. The quantitative estimate of drug-likeness (QED) is 0.806. The molecular formula is C8H7N3O3S. The van der Waals surface area contributed by atoms with Crippen molar-refractivity contribution in [3.63, 3.8) is 0 Å². The second-order valence-electron chi connectivity index (χ2n) is 2.67. The fraction of sp³-hybridized carbons (Fsp3) is 0.125. The highest BCUT2D eigenvalue weighted by atomic mass is 32.1. The molecule has 0 unspecified atom stereocenters. The van der Waals surface area contributed by atoms with Crippen LogP contribution in [0.15, 0.2) is 16.1 Å². The van der Waals surface area contributed by atoms with Gasteiger partial charge in [0.05, 0.1) is 6.54 Å². The van der Waals surface area contributed by atoms with Gasteiger partial charge in [-0.1, -0.05) is 0 Å². The Hall–Kier alpha value is -1.73. The smallest absolute Gasteiger partial charge is 0.355 e. The normalized spacial score (nSPS) is 10.5. The van der Waals surface area contributed by atoms with Gasteiger partial charge in [-0.25, -0.2) is 14.8 Å². The molecule has 0 spiro atoms. The Morgan fingerprint density at radius 3 is 2.93 bits per heavy atom. The molecule has 0 aliphatic rings. The van der Waals surface area contributed by atoms with Crippen LogP contribution >= 0.6 is 11.3 Å². The molecule has 3 N–H and O–H groups in total. The SMILES string of the molecule is NCc1nc(-c2nc(C(=O)O)cs2)co1. The zero-order chi connectivity index (χ0) is 10.8. The van der Waals surface area contributed by atoms with E-state index in [1.165, 1.54) is 23.0 Å². The van der Waals surface area contributed by atoms with Crippen LogP contribution in [-0.4, -0.2) is 21.0 Å². The van der Waals surface area contributed by atoms with E-state index in [4.69, 9.17) is 15.3 Å². The number of oxazole rings is 1. The lowest BCUT2D eigenvalue weighted by Crippen LogP contribution is -1.96. The van der Waals surface area contributed by atoms with Gasteiger partial charge in [0.25, 0.3) is 0 Å². The fourth-order valence-electron chi connectivity index (χ4n) is 0.992. The standard InChI is InChI=1S/C8H7N3O3S/c9-1-6-10-4(2-14-6)7-11-5(3-15-7)8(12)13/h2-3H,1,9H2,(H,12,13). The molecule has 0 saturated heterocycles. The van der Waals surface area contributed by atoms with Crippen LogP contribution in [0.4, 0.5) is 0 Å². The van der Waals surface area contributed by atoms with E-state index < -0.39 is 5.97 Å².